The average Bonchev–Trinajstić information content (AvgIpc) is 3.17. The lowest BCUT2D eigenvalue weighted by Gasteiger charge is -2.20. The Hall–Kier alpha value is -3.11. The predicted octanol–water partition coefficient (Wildman–Crippen LogP) is 10.4. The van der Waals surface area contributed by atoms with Crippen LogP contribution in [0.5, 0.6) is 0 Å². The Labute approximate surface area is 332 Å². The summed E-state index contributed by atoms with van der Waals surface area (Å²) in [7, 11) is -4.64. The number of phosphoric ester groups is 1. The molecule has 10 nitrogen and oxygen atoms in total. The van der Waals surface area contributed by atoms with Gasteiger partial charge in [-0.15, -0.1) is 0 Å². The van der Waals surface area contributed by atoms with Crippen LogP contribution in [-0.2, 0) is 32.7 Å². The summed E-state index contributed by atoms with van der Waals surface area (Å²) in [4.78, 5) is 34.9. The van der Waals surface area contributed by atoms with Crippen LogP contribution in [0.4, 0.5) is 0 Å². The summed E-state index contributed by atoms with van der Waals surface area (Å²) in [5, 5.41) is 18.3. The first kappa shape index (κ1) is 51.9. The van der Waals surface area contributed by atoms with Crippen molar-refractivity contribution in [3.05, 3.63) is 97.2 Å². The van der Waals surface area contributed by atoms with Gasteiger partial charge in [-0.1, -0.05) is 130 Å². The molecule has 0 bridgehead atoms. The maximum Gasteiger partial charge on any atom is 0.472 e. The van der Waals surface area contributed by atoms with Crippen LogP contribution in [0.3, 0.4) is 0 Å². The zero-order valence-electron chi connectivity index (χ0n) is 33.6. The Morgan fingerprint density at radius 1 is 0.545 bits per heavy atom. The van der Waals surface area contributed by atoms with Crippen molar-refractivity contribution in [2.24, 2.45) is 0 Å². The third-order valence-electron chi connectivity index (χ3n) is 7.73. The number of phosphoric acid groups is 1. The number of carbonyl (C=O) groups excluding carboxylic acids is 2. The number of hydrogen-bond acceptors (Lipinski definition) is 9. The van der Waals surface area contributed by atoms with Gasteiger partial charge in [-0.05, 0) is 83.5 Å². The van der Waals surface area contributed by atoms with E-state index in [4.69, 9.17) is 19.1 Å². The minimum atomic E-state index is -4.64. The Bertz CT molecular complexity index is 1230. The number of allylic oxidation sites excluding steroid dienone is 16. The number of aliphatic hydroxyl groups is 2. The van der Waals surface area contributed by atoms with Crippen LogP contribution in [0.25, 0.3) is 0 Å². The SMILES string of the molecule is CC/C=C/C/C=C/C/C=C/C/C=C/C/C=C/CCCC(=O)OC[C@H](COP(=O)(O)OC[C@@H](O)CO)OC(=O)CCCCCCC/C=C/C/C=C/C/C=C/CC. The normalized spacial score (nSPS) is 14.9. The first-order valence-corrected chi connectivity index (χ1v) is 21.7. The van der Waals surface area contributed by atoms with E-state index in [0.29, 0.717) is 19.3 Å². The van der Waals surface area contributed by atoms with E-state index in [1.807, 2.05) is 12.2 Å². The predicted molar refractivity (Wildman–Crippen MR) is 223 cm³/mol. The van der Waals surface area contributed by atoms with E-state index >= 15 is 0 Å². The summed E-state index contributed by atoms with van der Waals surface area (Å²) in [5.41, 5.74) is 0. The molecule has 0 aromatic heterocycles. The largest absolute Gasteiger partial charge is 0.472 e. The summed E-state index contributed by atoms with van der Waals surface area (Å²) in [6.45, 7) is 2.03. The molecule has 55 heavy (non-hydrogen) atoms. The van der Waals surface area contributed by atoms with Crippen LogP contribution < -0.4 is 0 Å². The van der Waals surface area contributed by atoms with Crippen molar-refractivity contribution in [1.29, 1.82) is 0 Å². The van der Waals surface area contributed by atoms with Gasteiger partial charge in [-0.3, -0.25) is 18.6 Å². The Balaban J connectivity index is 4.48. The fraction of sp³-hybridized carbons (Fsp3) is 0.591. The zero-order valence-corrected chi connectivity index (χ0v) is 34.5. The number of esters is 2. The molecule has 11 heteroatoms. The number of ether oxygens (including phenoxy) is 2. The van der Waals surface area contributed by atoms with E-state index < -0.39 is 51.8 Å². The van der Waals surface area contributed by atoms with E-state index in [-0.39, 0.29) is 19.4 Å². The van der Waals surface area contributed by atoms with Gasteiger partial charge in [0.05, 0.1) is 19.8 Å². The Morgan fingerprint density at radius 2 is 0.964 bits per heavy atom. The molecule has 3 N–H and O–H groups in total. The smallest absolute Gasteiger partial charge is 0.462 e. The van der Waals surface area contributed by atoms with Crippen LogP contribution in [0, 0.1) is 0 Å². The number of rotatable bonds is 36. The van der Waals surface area contributed by atoms with E-state index in [1.165, 1.54) is 0 Å². The molecule has 0 heterocycles. The highest BCUT2D eigenvalue weighted by molar-refractivity contribution is 7.47. The highest BCUT2D eigenvalue weighted by atomic mass is 31.2. The zero-order chi connectivity index (χ0) is 40.5. The topological polar surface area (TPSA) is 149 Å². The van der Waals surface area contributed by atoms with Crippen LogP contribution in [0.15, 0.2) is 97.2 Å². The molecule has 0 aromatic rings. The van der Waals surface area contributed by atoms with Gasteiger partial charge in [0.2, 0.25) is 0 Å². The van der Waals surface area contributed by atoms with Crippen molar-refractivity contribution in [3.63, 3.8) is 0 Å². The molecular formula is C44H71O10P. The molecule has 3 atom stereocenters. The van der Waals surface area contributed by atoms with Gasteiger partial charge in [-0.25, -0.2) is 4.57 Å². The summed E-state index contributed by atoms with van der Waals surface area (Å²) < 4.78 is 32.6. The highest BCUT2D eigenvalue weighted by Gasteiger charge is 2.27. The van der Waals surface area contributed by atoms with Crippen LogP contribution >= 0.6 is 7.82 Å². The van der Waals surface area contributed by atoms with Gasteiger partial charge in [0.1, 0.15) is 12.7 Å². The number of unbranched alkanes of at least 4 members (excludes halogenated alkanes) is 6. The van der Waals surface area contributed by atoms with E-state index in [1.54, 1.807) is 0 Å². The van der Waals surface area contributed by atoms with Crippen molar-refractivity contribution in [1.82, 2.24) is 0 Å². The highest BCUT2D eigenvalue weighted by Crippen LogP contribution is 2.43. The fourth-order valence-electron chi connectivity index (χ4n) is 4.69. The minimum absolute atomic E-state index is 0.146. The maximum absolute atomic E-state index is 12.6. The van der Waals surface area contributed by atoms with Gasteiger partial charge in [0.15, 0.2) is 6.10 Å². The molecule has 312 valence electrons. The van der Waals surface area contributed by atoms with Crippen LogP contribution in [-0.4, -0.2) is 65.7 Å². The van der Waals surface area contributed by atoms with Crippen LogP contribution in [0.1, 0.15) is 129 Å². The second kappa shape index (κ2) is 39.1. The number of hydrogen-bond donors (Lipinski definition) is 3. The lowest BCUT2D eigenvalue weighted by atomic mass is 10.1. The average molecular weight is 791 g/mol. The monoisotopic (exact) mass is 790 g/mol. The van der Waals surface area contributed by atoms with Crippen LogP contribution in [0.2, 0.25) is 0 Å². The van der Waals surface area contributed by atoms with Gasteiger partial charge >= 0.3 is 19.8 Å². The second-order valence-electron chi connectivity index (χ2n) is 12.9. The fourth-order valence-corrected chi connectivity index (χ4v) is 5.48. The first-order valence-electron chi connectivity index (χ1n) is 20.2. The summed E-state index contributed by atoms with van der Waals surface area (Å²) >= 11 is 0. The molecule has 0 aromatic carbocycles. The molecule has 0 aliphatic carbocycles. The summed E-state index contributed by atoms with van der Waals surface area (Å²) in [6, 6.07) is 0. The standard InChI is InChI=1S/C44H71O10P/c1-3-5-7-9-11-13-15-17-19-20-22-23-25-27-29-31-33-35-43(47)51-39-42(40-53-55(49,50)52-38-41(46)37-45)54-44(48)36-34-32-30-28-26-24-21-18-16-14-12-10-8-6-4-2/h5-8,11-14,17-19,21-23,27,29,41-42,45-46H,3-4,9-10,15-16,20,24-26,28,30-40H2,1-2H3,(H,49,50)/b7-5+,8-6+,13-11+,14-12+,19-17+,21-18+,23-22+,29-27+/t41-,42+/m0/s1. The van der Waals surface area contributed by atoms with Gasteiger partial charge in [-0.2, -0.15) is 0 Å². The van der Waals surface area contributed by atoms with Gasteiger partial charge < -0.3 is 24.6 Å². The molecule has 0 aliphatic rings. The molecule has 0 spiro atoms. The molecule has 0 radical (unpaired) electrons. The third kappa shape index (κ3) is 38.9. The summed E-state index contributed by atoms with van der Waals surface area (Å²) in [6.07, 6.45) is 46.7. The molecule has 0 rings (SSSR count). The molecule has 0 saturated heterocycles. The Morgan fingerprint density at radius 3 is 1.47 bits per heavy atom. The molecular weight excluding hydrogens is 719 g/mol. The molecule has 1 unspecified atom stereocenters. The van der Waals surface area contributed by atoms with Gasteiger partial charge in [0.25, 0.3) is 0 Å². The Kier molecular flexibility index (Phi) is 36.9. The lowest BCUT2D eigenvalue weighted by molar-refractivity contribution is -0.161. The van der Waals surface area contributed by atoms with Crippen molar-refractivity contribution in [2.45, 2.75) is 142 Å². The first-order chi connectivity index (χ1) is 26.7. The number of aliphatic hydroxyl groups excluding tert-OH is 2. The van der Waals surface area contributed by atoms with Crippen molar-refractivity contribution < 1.29 is 47.8 Å². The quantitative estimate of drug-likeness (QED) is 0.0242. The third-order valence-corrected chi connectivity index (χ3v) is 8.68. The van der Waals surface area contributed by atoms with E-state index in [9.17, 15) is 24.2 Å². The van der Waals surface area contributed by atoms with Crippen molar-refractivity contribution >= 4 is 19.8 Å². The molecule has 0 saturated carbocycles. The molecule has 0 fully saturated rings. The van der Waals surface area contributed by atoms with Gasteiger partial charge in [0, 0.05) is 12.8 Å². The van der Waals surface area contributed by atoms with E-state index in [2.05, 4.69) is 103 Å². The van der Waals surface area contributed by atoms with Crippen molar-refractivity contribution in [2.75, 3.05) is 26.4 Å². The minimum Gasteiger partial charge on any atom is -0.462 e. The lowest BCUT2D eigenvalue weighted by Crippen LogP contribution is -2.29. The molecule has 0 amide bonds. The van der Waals surface area contributed by atoms with Crippen molar-refractivity contribution in [3.8, 4) is 0 Å². The molecule has 0 aliphatic heterocycles. The number of carbonyl (C=O) groups is 2. The maximum atomic E-state index is 12.6. The van der Waals surface area contributed by atoms with E-state index in [0.717, 1.165) is 83.5 Å². The second-order valence-corrected chi connectivity index (χ2v) is 14.3. The summed E-state index contributed by atoms with van der Waals surface area (Å²) in [5.74, 6) is -1.03.